The lowest BCUT2D eigenvalue weighted by Crippen LogP contribution is -2.28. The molecule has 1 fully saturated rings. The van der Waals surface area contributed by atoms with Crippen LogP contribution in [0.25, 0.3) is 0 Å². The van der Waals surface area contributed by atoms with Gasteiger partial charge in [0.15, 0.2) is 0 Å². The lowest BCUT2D eigenvalue weighted by molar-refractivity contribution is -0.0469. The van der Waals surface area contributed by atoms with E-state index >= 15 is 0 Å². The van der Waals surface area contributed by atoms with E-state index in [1.54, 1.807) is 7.11 Å². The van der Waals surface area contributed by atoms with Crippen molar-refractivity contribution in [3.63, 3.8) is 0 Å². The highest BCUT2D eigenvalue weighted by Crippen LogP contribution is 2.40. The molecule has 18 heavy (non-hydrogen) atoms. The first-order valence-electron chi connectivity index (χ1n) is 6.44. The van der Waals surface area contributed by atoms with Gasteiger partial charge in [-0.1, -0.05) is 5.16 Å². The summed E-state index contributed by atoms with van der Waals surface area (Å²) < 4.78 is 16.1. The number of nitrogens with two attached hydrogens (primary N) is 1. The van der Waals surface area contributed by atoms with Crippen LogP contribution in [-0.4, -0.2) is 30.5 Å². The molecule has 6 nitrogen and oxygen atoms in total. The molecule has 1 aliphatic carbocycles. The molecule has 0 aliphatic heterocycles. The van der Waals surface area contributed by atoms with E-state index in [2.05, 4.69) is 10.1 Å². The predicted molar refractivity (Wildman–Crippen MR) is 64.9 cm³/mol. The molecule has 6 heteroatoms. The Hall–Kier alpha value is -0.980. The molecule has 1 atom stereocenters. The Morgan fingerprint density at radius 1 is 1.44 bits per heavy atom. The Bertz CT molecular complexity index is 374. The molecule has 1 unspecified atom stereocenters. The van der Waals surface area contributed by atoms with Crippen LogP contribution in [0.1, 0.15) is 50.4 Å². The largest absolute Gasteiger partial charge is 0.383 e. The van der Waals surface area contributed by atoms with E-state index in [-0.39, 0.29) is 11.6 Å². The number of rotatable bonds is 6. The van der Waals surface area contributed by atoms with E-state index < -0.39 is 0 Å². The smallest absolute Gasteiger partial charge is 0.246 e. The summed E-state index contributed by atoms with van der Waals surface area (Å²) in [7, 11) is 1.59. The van der Waals surface area contributed by atoms with E-state index in [0.717, 1.165) is 25.7 Å². The van der Waals surface area contributed by atoms with Gasteiger partial charge in [-0.05, 0) is 32.6 Å². The topological polar surface area (TPSA) is 83.4 Å². The van der Waals surface area contributed by atoms with Gasteiger partial charge in [-0.25, -0.2) is 0 Å². The summed E-state index contributed by atoms with van der Waals surface area (Å²) in [4.78, 5) is 4.39. The van der Waals surface area contributed by atoms with Crippen molar-refractivity contribution >= 4 is 0 Å². The fourth-order valence-electron chi connectivity index (χ4n) is 2.48. The number of hydrogen-bond acceptors (Lipinski definition) is 6. The van der Waals surface area contributed by atoms with Crippen LogP contribution in [0.15, 0.2) is 4.52 Å². The number of aromatic nitrogens is 2. The van der Waals surface area contributed by atoms with Crippen molar-refractivity contribution in [3.8, 4) is 0 Å². The van der Waals surface area contributed by atoms with Crippen LogP contribution in [0.4, 0.5) is 0 Å². The van der Waals surface area contributed by atoms with Gasteiger partial charge in [0, 0.05) is 13.7 Å². The van der Waals surface area contributed by atoms with Crippen molar-refractivity contribution in [2.24, 2.45) is 5.73 Å². The zero-order valence-electron chi connectivity index (χ0n) is 11.0. The zero-order valence-corrected chi connectivity index (χ0v) is 11.0. The first kappa shape index (κ1) is 13.5. The third kappa shape index (κ3) is 2.55. The Kier molecular flexibility index (Phi) is 4.31. The average molecular weight is 255 g/mol. The summed E-state index contributed by atoms with van der Waals surface area (Å²) in [6.45, 7) is 3.00. The highest BCUT2D eigenvalue weighted by atomic mass is 16.5. The minimum absolute atomic E-state index is 0.364. The quantitative estimate of drug-likeness (QED) is 0.829. The second-order valence-electron chi connectivity index (χ2n) is 4.65. The van der Waals surface area contributed by atoms with Gasteiger partial charge in [0.25, 0.3) is 0 Å². The Morgan fingerprint density at radius 3 is 2.78 bits per heavy atom. The summed E-state index contributed by atoms with van der Waals surface area (Å²) in [6, 6.07) is -0.378. The summed E-state index contributed by atoms with van der Waals surface area (Å²) >= 11 is 0. The van der Waals surface area contributed by atoms with Crippen LogP contribution < -0.4 is 5.73 Å². The molecule has 1 aliphatic rings. The van der Waals surface area contributed by atoms with Gasteiger partial charge in [0.05, 0.1) is 6.61 Å². The number of hydrogen-bond donors (Lipinski definition) is 1. The van der Waals surface area contributed by atoms with Gasteiger partial charge in [-0.2, -0.15) is 4.98 Å². The lowest BCUT2D eigenvalue weighted by atomic mass is 10.0. The van der Waals surface area contributed by atoms with Crippen LogP contribution in [0, 0.1) is 0 Å². The predicted octanol–water partition coefficient (Wildman–Crippen LogP) is 1.52. The van der Waals surface area contributed by atoms with Crippen molar-refractivity contribution in [1.82, 2.24) is 10.1 Å². The fourth-order valence-corrected chi connectivity index (χ4v) is 2.48. The summed E-state index contributed by atoms with van der Waals surface area (Å²) in [5.74, 6) is 1.04. The average Bonchev–Trinajstić information content (AvgIpc) is 2.98. The van der Waals surface area contributed by atoms with E-state index in [0.29, 0.717) is 24.9 Å². The molecule has 1 saturated carbocycles. The highest BCUT2D eigenvalue weighted by Gasteiger charge is 2.41. The monoisotopic (exact) mass is 255 g/mol. The Balaban J connectivity index is 2.16. The van der Waals surface area contributed by atoms with E-state index in [1.165, 1.54) is 0 Å². The minimum Gasteiger partial charge on any atom is -0.383 e. The molecule has 0 aromatic carbocycles. The van der Waals surface area contributed by atoms with E-state index in [1.807, 2.05) is 6.92 Å². The molecule has 1 aromatic rings. The molecular weight excluding hydrogens is 234 g/mol. The van der Waals surface area contributed by atoms with Crippen LogP contribution in [0.3, 0.4) is 0 Å². The Morgan fingerprint density at radius 2 is 2.17 bits per heavy atom. The van der Waals surface area contributed by atoms with Crippen LogP contribution in [0.5, 0.6) is 0 Å². The standard InChI is InChI=1S/C12H21N3O3/c1-3-17-12(6-4-5-7-12)11-14-10(18-15-11)9(13)8-16-2/h9H,3-8,13H2,1-2H3. The summed E-state index contributed by atoms with van der Waals surface area (Å²) in [5.41, 5.74) is 5.50. The lowest BCUT2D eigenvalue weighted by Gasteiger charge is -2.24. The number of nitrogens with zero attached hydrogens (tertiary/aromatic N) is 2. The second kappa shape index (κ2) is 5.77. The number of methoxy groups -OCH3 is 1. The van der Waals surface area contributed by atoms with Gasteiger partial charge < -0.3 is 19.7 Å². The van der Waals surface area contributed by atoms with Gasteiger partial charge in [0.2, 0.25) is 11.7 Å². The molecule has 0 radical (unpaired) electrons. The Labute approximate surface area is 107 Å². The third-order valence-electron chi connectivity index (χ3n) is 3.34. The molecule has 102 valence electrons. The molecule has 0 saturated heterocycles. The van der Waals surface area contributed by atoms with Crippen molar-refractivity contribution in [3.05, 3.63) is 11.7 Å². The van der Waals surface area contributed by atoms with Crippen LogP contribution in [-0.2, 0) is 15.1 Å². The summed E-state index contributed by atoms with van der Waals surface area (Å²) in [5, 5.41) is 4.05. The van der Waals surface area contributed by atoms with Gasteiger partial charge in [0.1, 0.15) is 11.6 Å². The van der Waals surface area contributed by atoms with Crippen molar-refractivity contribution in [2.75, 3.05) is 20.3 Å². The molecule has 2 rings (SSSR count). The zero-order chi connectivity index (χ0) is 13.0. The van der Waals surface area contributed by atoms with Gasteiger partial charge in [-0.3, -0.25) is 0 Å². The van der Waals surface area contributed by atoms with Crippen molar-refractivity contribution < 1.29 is 14.0 Å². The maximum atomic E-state index is 5.87. The maximum absolute atomic E-state index is 5.87. The van der Waals surface area contributed by atoms with Crippen molar-refractivity contribution in [2.45, 2.75) is 44.2 Å². The number of ether oxygens (including phenoxy) is 2. The molecule has 0 bridgehead atoms. The van der Waals surface area contributed by atoms with Gasteiger partial charge in [-0.15, -0.1) is 0 Å². The minimum atomic E-state index is -0.378. The molecular formula is C12H21N3O3. The third-order valence-corrected chi connectivity index (χ3v) is 3.34. The molecule has 2 N–H and O–H groups in total. The molecule has 1 heterocycles. The first-order chi connectivity index (χ1) is 8.72. The summed E-state index contributed by atoms with van der Waals surface area (Å²) in [6.07, 6.45) is 4.15. The van der Waals surface area contributed by atoms with Crippen LogP contribution >= 0.6 is 0 Å². The normalized spacial score (nSPS) is 20.2. The molecule has 1 aromatic heterocycles. The fraction of sp³-hybridized carbons (Fsp3) is 0.833. The van der Waals surface area contributed by atoms with Crippen LogP contribution in [0.2, 0.25) is 0 Å². The van der Waals surface area contributed by atoms with E-state index in [9.17, 15) is 0 Å². The second-order valence-corrected chi connectivity index (χ2v) is 4.65. The maximum Gasteiger partial charge on any atom is 0.246 e. The SMILES string of the molecule is CCOC1(c2noc(C(N)COC)n2)CCCC1. The molecule has 0 amide bonds. The van der Waals surface area contributed by atoms with Gasteiger partial charge >= 0.3 is 0 Å². The first-order valence-corrected chi connectivity index (χ1v) is 6.44. The van der Waals surface area contributed by atoms with Crippen molar-refractivity contribution in [1.29, 1.82) is 0 Å². The van der Waals surface area contributed by atoms with E-state index in [4.69, 9.17) is 19.7 Å². The molecule has 0 spiro atoms. The highest BCUT2D eigenvalue weighted by molar-refractivity contribution is 5.05.